The highest BCUT2D eigenvalue weighted by molar-refractivity contribution is 14.1. The van der Waals surface area contributed by atoms with Crippen molar-refractivity contribution in [2.75, 3.05) is 4.72 Å². The van der Waals surface area contributed by atoms with E-state index in [1.54, 1.807) is 42.5 Å². The van der Waals surface area contributed by atoms with Crippen LogP contribution in [0.15, 0.2) is 65.6 Å². The van der Waals surface area contributed by atoms with Crippen LogP contribution in [0, 0.1) is 3.57 Å². The maximum atomic E-state index is 13.3. The monoisotopic (exact) mass is 656 g/mol. The summed E-state index contributed by atoms with van der Waals surface area (Å²) >= 11 is 8.79. The van der Waals surface area contributed by atoms with Crippen LogP contribution in [-0.4, -0.2) is 39.7 Å². The second-order valence-corrected chi connectivity index (χ2v) is 11.9. The molecule has 0 bridgehead atoms. The number of fused-ring (bicyclic) bond motifs is 1. The van der Waals surface area contributed by atoms with Gasteiger partial charge >= 0.3 is 5.97 Å². The van der Waals surface area contributed by atoms with E-state index in [1.807, 2.05) is 22.6 Å². The standard InChI is InChI=1S/C23H18ClIN4O5S2/c1-23(22(31)32,12-13-5-7-14(24)8-6-13)26-21(30)16-10-9-15(25)11-18(16)29-36(33,34)19-4-2-3-17-20(19)28-35-27-17/h2-11,29H,12H2,1H3,(H,26,30)(H,31,32). The molecular weight excluding hydrogens is 639 g/mol. The van der Waals surface area contributed by atoms with E-state index >= 15 is 0 Å². The van der Waals surface area contributed by atoms with Crippen LogP contribution in [0.5, 0.6) is 0 Å². The predicted octanol–water partition coefficient (Wildman–Crippen LogP) is 4.57. The Morgan fingerprint density at radius 3 is 2.53 bits per heavy atom. The van der Waals surface area contributed by atoms with Gasteiger partial charge in [-0.1, -0.05) is 29.8 Å². The summed E-state index contributed by atoms with van der Waals surface area (Å²) < 4.78 is 37.8. The highest BCUT2D eigenvalue weighted by Gasteiger charge is 2.36. The Labute approximate surface area is 229 Å². The Hall–Kier alpha value is -2.81. The maximum Gasteiger partial charge on any atom is 0.329 e. The van der Waals surface area contributed by atoms with E-state index in [4.69, 9.17) is 11.6 Å². The lowest BCUT2D eigenvalue weighted by Gasteiger charge is -2.27. The third-order valence-electron chi connectivity index (χ3n) is 5.34. The van der Waals surface area contributed by atoms with E-state index in [2.05, 4.69) is 18.8 Å². The number of aliphatic carboxylic acids is 1. The van der Waals surface area contributed by atoms with Gasteiger partial charge in [-0.3, -0.25) is 9.52 Å². The minimum absolute atomic E-state index is 0.00109. The third kappa shape index (κ3) is 5.61. The fourth-order valence-corrected chi connectivity index (χ4v) is 5.95. The van der Waals surface area contributed by atoms with E-state index in [1.165, 1.54) is 25.1 Å². The molecule has 1 atom stereocenters. The zero-order chi connectivity index (χ0) is 26.1. The minimum Gasteiger partial charge on any atom is -0.480 e. The first kappa shape index (κ1) is 26.3. The molecule has 1 heterocycles. The van der Waals surface area contributed by atoms with E-state index in [-0.39, 0.29) is 28.1 Å². The largest absolute Gasteiger partial charge is 0.480 e. The van der Waals surface area contributed by atoms with Crippen LogP contribution in [0.2, 0.25) is 5.02 Å². The first-order chi connectivity index (χ1) is 17.0. The van der Waals surface area contributed by atoms with Crippen molar-refractivity contribution in [1.82, 2.24) is 14.1 Å². The van der Waals surface area contributed by atoms with Crippen LogP contribution in [0.1, 0.15) is 22.8 Å². The Morgan fingerprint density at radius 2 is 1.83 bits per heavy atom. The Bertz CT molecular complexity index is 1580. The molecule has 3 aromatic carbocycles. The molecule has 0 radical (unpaired) electrons. The first-order valence-corrected chi connectivity index (χ1v) is 14.0. The molecule has 0 spiro atoms. The summed E-state index contributed by atoms with van der Waals surface area (Å²) in [6.45, 7) is 1.38. The number of nitrogens with one attached hydrogen (secondary N) is 2. The maximum absolute atomic E-state index is 13.3. The summed E-state index contributed by atoms with van der Waals surface area (Å²) in [5.74, 6) is -2.00. The summed E-state index contributed by atoms with van der Waals surface area (Å²) in [5.41, 5.74) is -0.416. The lowest BCUT2D eigenvalue weighted by Crippen LogP contribution is -2.53. The van der Waals surface area contributed by atoms with Crippen molar-refractivity contribution in [1.29, 1.82) is 0 Å². The van der Waals surface area contributed by atoms with Crippen molar-refractivity contribution in [3.63, 3.8) is 0 Å². The summed E-state index contributed by atoms with van der Waals surface area (Å²) in [6.07, 6.45) is -0.0184. The van der Waals surface area contributed by atoms with Gasteiger partial charge in [-0.05, 0) is 77.5 Å². The second kappa shape index (κ2) is 10.3. The molecule has 0 aliphatic rings. The molecule has 4 rings (SSSR count). The van der Waals surface area contributed by atoms with Gasteiger partial charge in [0.2, 0.25) is 0 Å². The fourth-order valence-electron chi connectivity index (χ4n) is 3.50. The first-order valence-electron chi connectivity index (χ1n) is 10.3. The third-order valence-corrected chi connectivity index (χ3v) is 8.20. The topological polar surface area (TPSA) is 138 Å². The van der Waals surface area contributed by atoms with E-state index < -0.39 is 27.4 Å². The second-order valence-electron chi connectivity index (χ2n) is 8.08. The molecular formula is C23H18ClIN4O5S2. The number of anilines is 1. The molecule has 1 aromatic heterocycles. The van der Waals surface area contributed by atoms with Gasteiger partial charge in [0.05, 0.1) is 23.0 Å². The predicted molar refractivity (Wildman–Crippen MR) is 146 cm³/mol. The van der Waals surface area contributed by atoms with Crippen molar-refractivity contribution in [3.05, 3.63) is 80.4 Å². The lowest BCUT2D eigenvalue weighted by molar-refractivity contribution is -0.143. The summed E-state index contributed by atoms with van der Waals surface area (Å²) in [7, 11) is -4.15. The molecule has 3 N–H and O–H groups in total. The summed E-state index contributed by atoms with van der Waals surface area (Å²) in [6, 6.07) is 15.8. The molecule has 186 valence electrons. The van der Waals surface area contributed by atoms with Crippen molar-refractivity contribution >= 4 is 84.5 Å². The van der Waals surface area contributed by atoms with E-state index in [0.29, 0.717) is 19.7 Å². The Morgan fingerprint density at radius 1 is 1.11 bits per heavy atom. The SMILES string of the molecule is CC(Cc1ccc(Cl)cc1)(NC(=O)c1ccc(I)cc1NS(=O)(=O)c1cccc2nsnc12)C(=O)O. The number of benzene rings is 3. The van der Waals surface area contributed by atoms with Gasteiger partial charge in [-0.25, -0.2) is 13.2 Å². The number of halogens is 2. The number of amides is 1. The fraction of sp³-hybridized carbons (Fsp3) is 0.130. The van der Waals surface area contributed by atoms with Gasteiger partial charge < -0.3 is 10.4 Å². The normalized spacial score (nSPS) is 13.2. The quantitative estimate of drug-likeness (QED) is 0.236. The number of hydrogen-bond acceptors (Lipinski definition) is 7. The van der Waals surface area contributed by atoms with Gasteiger partial charge in [0.15, 0.2) is 0 Å². The van der Waals surface area contributed by atoms with Crippen LogP contribution >= 0.6 is 45.9 Å². The molecule has 0 aliphatic heterocycles. The lowest BCUT2D eigenvalue weighted by atomic mass is 9.92. The van der Waals surface area contributed by atoms with Gasteiger partial charge in [0.1, 0.15) is 21.5 Å². The molecule has 4 aromatic rings. The van der Waals surface area contributed by atoms with Crippen LogP contribution < -0.4 is 10.0 Å². The zero-order valence-corrected chi connectivity index (χ0v) is 23.1. The molecule has 0 fully saturated rings. The number of sulfonamides is 1. The summed E-state index contributed by atoms with van der Waals surface area (Å²) in [4.78, 5) is 25.3. The van der Waals surface area contributed by atoms with Crippen molar-refractivity contribution in [2.24, 2.45) is 0 Å². The van der Waals surface area contributed by atoms with Crippen LogP contribution in [0.25, 0.3) is 11.0 Å². The minimum atomic E-state index is -4.15. The molecule has 0 saturated carbocycles. The van der Waals surface area contributed by atoms with Crippen LogP contribution in [0.3, 0.4) is 0 Å². The smallest absolute Gasteiger partial charge is 0.329 e. The number of carboxylic acids is 1. The number of carbonyl (C=O) groups excluding carboxylic acids is 1. The number of hydrogen-bond donors (Lipinski definition) is 3. The molecule has 1 unspecified atom stereocenters. The Balaban J connectivity index is 1.66. The van der Waals surface area contributed by atoms with Crippen molar-refractivity contribution < 1.29 is 23.1 Å². The number of carboxylic acid groups (broad SMARTS) is 1. The van der Waals surface area contributed by atoms with E-state index in [9.17, 15) is 23.1 Å². The molecule has 1 amide bonds. The number of aromatic nitrogens is 2. The van der Waals surface area contributed by atoms with Gasteiger partial charge in [0, 0.05) is 15.0 Å². The number of carbonyl (C=O) groups is 2. The van der Waals surface area contributed by atoms with Gasteiger partial charge in [-0.2, -0.15) is 8.75 Å². The average molecular weight is 657 g/mol. The average Bonchev–Trinajstić information content (AvgIpc) is 3.29. The molecule has 13 heteroatoms. The number of rotatable bonds is 8. The van der Waals surface area contributed by atoms with Crippen molar-refractivity contribution in [2.45, 2.75) is 23.8 Å². The molecule has 9 nitrogen and oxygen atoms in total. The molecule has 0 aliphatic carbocycles. The highest BCUT2D eigenvalue weighted by atomic mass is 127. The zero-order valence-electron chi connectivity index (χ0n) is 18.5. The number of nitrogens with zero attached hydrogens (tertiary/aromatic N) is 2. The summed E-state index contributed by atoms with van der Waals surface area (Å²) in [5, 5.41) is 13.0. The van der Waals surface area contributed by atoms with Crippen LogP contribution in [0.4, 0.5) is 5.69 Å². The molecule has 0 saturated heterocycles. The van der Waals surface area contributed by atoms with E-state index in [0.717, 1.165) is 11.7 Å². The van der Waals surface area contributed by atoms with Gasteiger partial charge in [0.25, 0.3) is 15.9 Å². The Kier molecular flexibility index (Phi) is 7.50. The van der Waals surface area contributed by atoms with Crippen molar-refractivity contribution in [3.8, 4) is 0 Å². The van der Waals surface area contributed by atoms with Crippen LogP contribution in [-0.2, 0) is 21.2 Å². The molecule has 36 heavy (non-hydrogen) atoms. The van der Waals surface area contributed by atoms with Gasteiger partial charge in [-0.15, -0.1) is 0 Å². The highest BCUT2D eigenvalue weighted by Crippen LogP contribution is 2.27.